The van der Waals surface area contributed by atoms with Crippen molar-refractivity contribution >= 4 is 23.7 Å². The fourth-order valence-electron chi connectivity index (χ4n) is 3.32. The maximum Gasteiger partial charge on any atom is 0.230 e. The van der Waals surface area contributed by atoms with Crippen LogP contribution in [0.5, 0.6) is 0 Å². The summed E-state index contributed by atoms with van der Waals surface area (Å²) in [7, 11) is 0. The lowest BCUT2D eigenvalue weighted by atomic mass is 9.64. The van der Waals surface area contributed by atoms with Crippen molar-refractivity contribution in [1.82, 2.24) is 0 Å². The fraction of sp³-hybridized carbons (Fsp3) is 0.556. The number of hydrogen-bond acceptors (Lipinski definition) is 2. The Morgan fingerprint density at radius 1 is 1.18 bits per heavy atom. The Kier molecular flexibility index (Phi) is 5.22. The zero-order valence-corrected chi connectivity index (χ0v) is 13.7. The number of benzene rings is 1. The molecular formula is C18H26N2O2. The van der Waals surface area contributed by atoms with Crippen LogP contribution in [-0.4, -0.2) is 12.3 Å². The Bertz CT molecular complexity index is 514. The van der Waals surface area contributed by atoms with E-state index in [0.717, 1.165) is 37.1 Å². The van der Waals surface area contributed by atoms with Gasteiger partial charge in [-0.25, -0.2) is 0 Å². The molecular weight excluding hydrogens is 276 g/mol. The number of carbonyl (C=O) groups is 2. The van der Waals surface area contributed by atoms with Gasteiger partial charge >= 0.3 is 0 Å². The molecule has 0 spiro atoms. The molecule has 0 aromatic heterocycles. The molecule has 4 heteroatoms. The molecule has 0 bridgehead atoms. The summed E-state index contributed by atoms with van der Waals surface area (Å²) in [5, 5.41) is 5.65. The lowest BCUT2D eigenvalue weighted by Crippen LogP contribution is -2.43. The van der Waals surface area contributed by atoms with E-state index in [9.17, 15) is 9.59 Å². The standard InChI is InChI=1S/C18H26N2O2/c1-13(2)18(10-8-14(3)9-11-18)17(22)20-16-6-4-15(5-7-16)19-12-21/h4-7,12-14H,8-11H2,1-3H3,(H,19,21)(H,20,22). The van der Waals surface area contributed by atoms with Crippen LogP contribution < -0.4 is 10.6 Å². The summed E-state index contributed by atoms with van der Waals surface area (Å²) < 4.78 is 0. The minimum absolute atomic E-state index is 0.130. The summed E-state index contributed by atoms with van der Waals surface area (Å²) in [5.41, 5.74) is 1.24. The molecule has 1 aromatic rings. The van der Waals surface area contributed by atoms with Crippen molar-refractivity contribution in [2.24, 2.45) is 17.3 Å². The van der Waals surface area contributed by atoms with Crippen LogP contribution in [-0.2, 0) is 9.59 Å². The lowest BCUT2D eigenvalue weighted by Gasteiger charge is -2.41. The molecule has 120 valence electrons. The molecule has 1 aliphatic rings. The van der Waals surface area contributed by atoms with Crippen molar-refractivity contribution in [3.8, 4) is 0 Å². The van der Waals surface area contributed by atoms with Gasteiger partial charge < -0.3 is 10.6 Å². The van der Waals surface area contributed by atoms with Crippen molar-refractivity contribution in [2.75, 3.05) is 10.6 Å². The van der Waals surface area contributed by atoms with Crippen LogP contribution >= 0.6 is 0 Å². The monoisotopic (exact) mass is 302 g/mol. The molecule has 22 heavy (non-hydrogen) atoms. The van der Waals surface area contributed by atoms with Gasteiger partial charge in [0, 0.05) is 11.4 Å². The highest BCUT2D eigenvalue weighted by atomic mass is 16.2. The van der Waals surface area contributed by atoms with Crippen LogP contribution in [0.2, 0.25) is 0 Å². The fourth-order valence-corrected chi connectivity index (χ4v) is 3.32. The summed E-state index contributed by atoms with van der Waals surface area (Å²) in [4.78, 5) is 23.3. The Hall–Kier alpha value is -1.84. The molecule has 0 heterocycles. The predicted octanol–water partition coefficient (Wildman–Crippen LogP) is 4.05. The van der Waals surface area contributed by atoms with Gasteiger partial charge in [0.25, 0.3) is 0 Å². The lowest BCUT2D eigenvalue weighted by molar-refractivity contribution is -0.131. The largest absolute Gasteiger partial charge is 0.329 e. The number of rotatable bonds is 5. The second kappa shape index (κ2) is 6.95. The first-order valence-corrected chi connectivity index (χ1v) is 8.09. The molecule has 0 aliphatic heterocycles. The average molecular weight is 302 g/mol. The molecule has 1 fully saturated rings. The third-order valence-corrected chi connectivity index (χ3v) is 5.09. The van der Waals surface area contributed by atoms with E-state index in [1.807, 2.05) is 12.1 Å². The zero-order chi connectivity index (χ0) is 16.2. The van der Waals surface area contributed by atoms with E-state index in [1.165, 1.54) is 0 Å². The molecule has 2 rings (SSSR count). The maximum absolute atomic E-state index is 12.9. The Labute approximate surface area is 132 Å². The first kappa shape index (κ1) is 16.5. The van der Waals surface area contributed by atoms with Crippen molar-refractivity contribution in [2.45, 2.75) is 46.5 Å². The Morgan fingerprint density at radius 3 is 2.23 bits per heavy atom. The Morgan fingerprint density at radius 2 is 1.73 bits per heavy atom. The van der Waals surface area contributed by atoms with Crippen LogP contribution in [0, 0.1) is 17.3 Å². The van der Waals surface area contributed by atoms with Crippen LogP contribution in [0.1, 0.15) is 46.5 Å². The normalized spacial score (nSPS) is 24.8. The topological polar surface area (TPSA) is 58.2 Å². The van der Waals surface area contributed by atoms with E-state index in [4.69, 9.17) is 0 Å². The number of amides is 2. The van der Waals surface area contributed by atoms with Crippen LogP contribution in [0.25, 0.3) is 0 Å². The molecule has 2 amide bonds. The van der Waals surface area contributed by atoms with E-state index in [1.54, 1.807) is 12.1 Å². The average Bonchev–Trinajstić information content (AvgIpc) is 2.50. The number of anilines is 2. The number of nitrogens with one attached hydrogen (secondary N) is 2. The van der Waals surface area contributed by atoms with E-state index >= 15 is 0 Å². The summed E-state index contributed by atoms with van der Waals surface area (Å²) in [5.74, 6) is 1.18. The van der Waals surface area contributed by atoms with Gasteiger partial charge in [-0.05, 0) is 61.8 Å². The predicted molar refractivity (Wildman–Crippen MR) is 89.7 cm³/mol. The summed E-state index contributed by atoms with van der Waals surface area (Å²) in [6.07, 6.45) is 4.80. The highest BCUT2D eigenvalue weighted by Gasteiger charge is 2.43. The van der Waals surface area contributed by atoms with E-state index in [2.05, 4.69) is 31.4 Å². The minimum atomic E-state index is -0.258. The molecule has 1 aromatic carbocycles. The third-order valence-electron chi connectivity index (χ3n) is 5.09. The van der Waals surface area contributed by atoms with Gasteiger partial charge in [0.2, 0.25) is 12.3 Å². The molecule has 2 N–H and O–H groups in total. The molecule has 1 saturated carbocycles. The molecule has 0 atom stereocenters. The van der Waals surface area contributed by atoms with E-state index < -0.39 is 0 Å². The van der Waals surface area contributed by atoms with E-state index in [-0.39, 0.29) is 11.3 Å². The Balaban J connectivity index is 2.09. The van der Waals surface area contributed by atoms with Crippen molar-refractivity contribution < 1.29 is 9.59 Å². The summed E-state index contributed by atoms with van der Waals surface area (Å²) >= 11 is 0. The summed E-state index contributed by atoms with van der Waals surface area (Å²) in [6.45, 7) is 6.56. The maximum atomic E-state index is 12.9. The molecule has 0 saturated heterocycles. The SMILES string of the molecule is CC1CCC(C(=O)Nc2ccc(NC=O)cc2)(C(C)C)CC1. The number of hydrogen-bond donors (Lipinski definition) is 2. The first-order chi connectivity index (χ1) is 10.5. The molecule has 0 unspecified atom stereocenters. The summed E-state index contributed by atoms with van der Waals surface area (Å²) in [6, 6.07) is 7.22. The van der Waals surface area contributed by atoms with Crippen molar-refractivity contribution in [1.29, 1.82) is 0 Å². The van der Waals surface area contributed by atoms with Crippen LogP contribution in [0.3, 0.4) is 0 Å². The van der Waals surface area contributed by atoms with Gasteiger partial charge in [-0.2, -0.15) is 0 Å². The molecule has 4 nitrogen and oxygen atoms in total. The van der Waals surface area contributed by atoms with Gasteiger partial charge in [-0.1, -0.05) is 20.8 Å². The second-order valence-corrected chi connectivity index (χ2v) is 6.79. The molecule has 0 radical (unpaired) electrons. The van der Waals surface area contributed by atoms with Crippen LogP contribution in [0.4, 0.5) is 11.4 Å². The minimum Gasteiger partial charge on any atom is -0.329 e. The first-order valence-electron chi connectivity index (χ1n) is 8.09. The van der Waals surface area contributed by atoms with Crippen molar-refractivity contribution in [3.63, 3.8) is 0 Å². The highest BCUT2D eigenvalue weighted by molar-refractivity contribution is 5.95. The quantitative estimate of drug-likeness (QED) is 0.806. The zero-order valence-electron chi connectivity index (χ0n) is 13.7. The van der Waals surface area contributed by atoms with Gasteiger partial charge in [0.05, 0.1) is 5.41 Å². The smallest absolute Gasteiger partial charge is 0.230 e. The van der Waals surface area contributed by atoms with Gasteiger partial charge in [0.15, 0.2) is 0 Å². The third kappa shape index (κ3) is 3.49. The molecule has 1 aliphatic carbocycles. The second-order valence-electron chi connectivity index (χ2n) is 6.79. The van der Waals surface area contributed by atoms with Crippen LogP contribution in [0.15, 0.2) is 24.3 Å². The highest BCUT2D eigenvalue weighted by Crippen LogP contribution is 2.45. The van der Waals surface area contributed by atoms with Gasteiger partial charge in [-0.3, -0.25) is 9.59 Å². The van der Waals surface area contributed by atoms with Crippen molar-refractivity contribution in [3.05, 3.63) is 24.3 Å². The van der Waals surface area contributed by atoms with Gasteiger partial charge in [0.1, 0.15) is 0 Å². The van der Waals surface area contributed by atoms with Gasteiger partial charge in [-0.15, -0.1) is 0 Å². The number of carbonyl (C=O) groups excluding carboxylic acids is 2. The van der Waals surface area contributed by atoms with E-state index in [0.29, 0.717) is 18.2 Å².